The fourth-order valence-electron chi connectivity index (χ4n) is 1.88. The summed E-state index contributed by atoms with van der Waals surface area (Å²) in [6, 6.07) is 11.7. The van der Waals surface area contributed by atoms with Gasteiger partial charge in [0.15, 0.2) is 0 Å². The van der Waals surface area contributed by atoms with Crippen molar-refractivity contribution in [3.05, 3.63) is 58.3 Å². The molecule has 0 spiro atoms. The van der Waals surface area contributed by atoms with Crippen LogP contribution in [0.4, 0.5) is 0 Å². The van der Waals surface area contributed by atoms with Crippen LogP contribution in [-0.4, -0.2) is 23.8 Å². The molecule has 22 heavy (non-hydrogen) atoms. The zero-order chi connectivity index (χ0) is 16.0. The van der Waals surface area contributed by atoms with Gasteiger partial charge < -0.3 is 10.4 Å². The molecular weight excluding hydrogens is 314 g/mol. The number of thiophene rings is 1. The van der Waals surface area contributed by atoms with Crippen LogP contribution in [0.2, 0.25) is 0 Å². The van der Waals surface area contributed by atoms with Gasteiger partial charge in [0.2, 0.25) is 5.91 Å². The highest BCUT2D eigenvalue weighted by atomic mass is 32.2. The molecule has 2 rings (SSSR count). The van der Waals surface area contributed by atoms with Crippen molar-refractivity contribution in [1.29, 1.82) is 0 Å². The molecule has 1 aromatic heterocycles. The summed E-state index contributed by atoms with van der Waals surface area (Å²) >= 11 is 3.16. The number of carbonyl (C=O) groups is 1. The van der Waals surface area contributed by atoms with Crippen molar-refractivity contribution in [2.45, 2.75) is 17.4 Å². The summed E-state index contributed by atoms with van der Waals surface area (Å²) in [6.45, 7) is 1.88. The Bertz CT molecular complexity index is 631. The SMILES string of the molecule is CSc1ccc(/C=C/C(=O)NCC(C)(O)c2cccs2)cc1. The van der Waals surface area contributed by atoms with Crippen molar-refractivity contribution in [2.24, 2.45) is 0 Å². The third-order valence-electron chi connectivity index (χ3n) is 3.20. The van der Waals surface area contributed by atoms with Gasteiger partial charge in [-0.05, 0) is 48.4 Å². The van der Waals surface area contributed by atoms with Gasteiger partial charge in [0.1, 0.15) is 5.60 Å². The number of nitrogens with one attached hydrogen (secondary N) is 1. The Morgan fingerprint density at radius 1 is 1.36 bits per heavy atom. The molecule has 0 bridgehead atoms. The minimum atomic E-state index is -1.04. The van der Waals surface area contributed by atoms with Crippen molar-refractivity contribution >= 4 is 35.1 Å². The number of hydrogen-bond acceptors (Lipinski definition) is 4. The van der Waals surface area contributed by atoms with Gasteiger partial charge in [0, 0.05) is 15.8 Å². The van der Waals surface area contributed by atoms with Gasteiger partial charge >= 0.3 is 0 Å². The Kier molecular flexibility index (Phi) is 5.83. The number of aliphatic hydroxyl groups is 1. The molecule has 1 amide bonds. The van der Waals surface area contributed by atoms with Crippen molar-refractivity contribution in [3.8, 4) is 0 Å². The smallest absolute Gasteiger partial charge is 0.244 e. The molecule has 0 fully saturated rings. The lowest BCUT2D eigenvalue weighted by atomic mass is 10.1. The van der Waals surface area contributed by atoms with E-state index < -0.39 is 5.60 Å². The van der Waals surface area contributed by atoms with Crippen LogP contribution in [-0.2, 0) is 10.4 Å². The van der Waals surface area contributed by atoms with Crippen molar-refractivity contribution in [3.63, 3.8) is 0 Å². The Hall–Kier alpha value is -1.56. The molecule has 5 heteroatoms. The lowest BCUT2D eigenvalue weighted by Gasteiger charge is -2.21. The first-order valence-corrected chi connectivity index (χ1v) is 8.98. The predicted molar refractivity (Wildman–Crippen MR) is 94.2 cm³/mol. The largest absolute Gasteiger partial charge is 0.383 e. The van der Waals surface area contributed by atoms with E-state index in [9.17, 15) is 9.90 Å². The molecule has 3 nitrogen and oxygen atoms in total. The van der Waals surface area contributed by atoms with E-state index in [1.54, 1.807) is 24.8 Å². The third-order valence-corrected chi connectivity index (χ3v) is 5.07. The van der Waals surface area contributed by atoms with Gasteiger partial charge in [-0.2, -0.15) is 0 Å². The maximum Gasteiger partial charge on any atom is 0.244 e. The van der Waals surface area contributed by atoms with Gasteiger partial charge in [0.05, 0.1) is 6.54 Å². The first kappa shape index (κ1) is 16.8. The van der Waals surface area contributed by atoms with E-state index >= 15 is 0 Å². The van der Waals surface area contributed by atoms with Crippen LogP contribution in [0.5, 0.6) is 0 Å². The third kappa shape index (κ3) is 4.73. The molecule has 0 saturated carbocycles. The minimum Gasteiger partial charge on any atom is -0.383 e. The quantitative estimate of drug-likeness (QED) is 0.628. The summed E-state index contributed by atoms with van der Waals surface area (Å²) < 4.78 is 0. The number of thioether (sulfide) groups is 1. The Morgan fingerprint density at radius 3 is 2.68 bits per heavy atom. The lowest BCUT2D eigenvalue weighted by molar-refractivity contribution is -0.117. The Labute approximate surface area is 139 Å². The predicted octanol–water partition coefficient (Wildman–Crippen LogP) is 3.51. The van der Waals surface area contributed by atoms with Gasteiger partial charge in [-0.25, -0.2) is 0 Å². The molecule has 0 aliphatic rings. The monoisotopic (exact) mass is 333 g/mol. The summed E-state index contributed by atoms with van der Waals surface area (Å²) in [5, 5.41) is 15.0. The fraction of sp³-hybridized carbons (Fsp3) is 0.235. The molecule has 1 heterocycles. The van der Waals surface area contributed by atoms with Gasteiger partial charge in [-0.3, -0.25) is 4.79 Å². The second-order valence-electron chi connectivity index (χ2n) is 5.08. The zero-order valence-corrected chi connectivity index (χ0v) is 14.2. The average molecular weight is 333 g/mol. The first-order chi connectivity index (χ1) is 10.5. The topological polar surface area (TPSA) is 49.3 Å². The van der Waals surface area contributed by atoms with Crippen LogP contribution in [0.25, 0.3) is 6.08 Å². The van der Waals surface area contributed by atoms with Gasteiger partial charge in [-0.1, -0.05) is 18.2 Å². The highest BCUT2D eigenvalue weighted by Crippen LogP contribution is 2.24. The number of rotatable bonds is 6. The molecule has 1 unspecified atom stereocenters. The van der Waals surface area contributed by atoms with Crippen LogP contribution in [0.3, 0.4) is 0 Å². The summed E-state index contributed by atoms with van der Waals surface area (Å²) in [5.74, 6) is -0.217. The Balaban J connectivity index is 1.88. The number of benzene rings is 1. The molecule has 0 aliphatic heterocycles. The number of hydrogen-bond donors (Lipinski definition) is 2. The van der Waals surface area contributed by atoms with E-state index in [0.717, 1.165) is 10.4 Å². The summed E-state index contributed by atoms with van der Waals surface area (Å²) in [6.07, 6.45) is 5.27. The molecule has 0 aliphatic carbocycles. The summed E-state index contributed by atoms with van der Waals surface area (Å²) in [5.41, 5.74) is -0.0736. The van der Waals surface area contributed by atoms with Crippen molar-refractivity contribution < 1.29 is 9.90 Å². The first-order valence-electron chi connectivity index (χ1n) is 6.87. The van der Waals surface area contributed by atoms with E-state index in [1.807, 2.05) is 48.0 Å². The van der Waals surface area contributed by atoms with Gasteiger partial charge in [0.25, 0.3) is 0 Å². The zero-order valence-electron chi connectivity index (χ0n) is 12.6. The molecule has 1 atom stereocenters. The molecule has 0 radical (unpaired) electrons. The standard InChI is InChI=1S/C17H19NO2S2/c1-17(20,15-4-3-11-22-15)12-18-16(19)10-7-13-5-8-14(21-2)9-6-13/h3-11,20H,12H2,1-2H3,(H,18,19)/b10-7+. The Morgan fingerprint density at radius 2 is 2.09 bits per heavy atom. The second-order valence-corrected chi connectivity index (χ2v) is 6.90. The van der Waals surface area contributed by atoms with E-state index in [0.29, 0.717) is 0 Å². The number of amides is 1. The average Bonchev–Trinajstić information content (AvgIpc) is 3.07. The van der Waals surface area contributed by atoms with Crippen LogP contribution in [0.15, 0.2) is 52.7 Å². The highest BCUT2D eigenvalue weighted by molar-refractivity contribution is 7.98. The van der Waals surface area contributed by atoms with E-state index in [1.165, 1.54) is 22.3 Å². The normalized spacial score (nSPS) is 14.0. The molecule has 2 N–H and O–H groups in total. The summed E-state index contributed by atoms with van der Waals surface area (Å²) in [4.78, 5) is 13.9. The maximum atomic E-state index is 11.8. The van der Waals surface area contributed by atoms with Crippen molar-refractivity contribution in [1.82, 2.24) is 5.32 Å². The fourth-order valence-corrected chi connectivity index (χ4v) is 3.07. The summed E-state index contributed by atoms with van der Waals surface area (Å²) in [7, 11) is 0. The van der Waals surface area contributed by atoms with Crippen LogP contribution in [0.1, 0.15) is 17.4 Å². The minimum absolute atomic E-state index is 0.183. The molecule has 0 saturated heterocycles. The highest BCUT2D eigenvalue weighted by Gasteiger charge is 2.24. The lowest BCUT2D eigenvalue weighted by Crippen LogP contribution is -2.37. The van der Waals surface area contributed by atoms with E-state index in [4.69, 9.17) is 0 Å². The molecule has 116 valence electrons. The maximum absolute atomic E-state index is 11.8. The van der Waals surface area contributed by atoms with Crippen LogP contribution < -0.4 is 5.32 Å². The van der Waals surface area contributed by atoms with Gasteiger partial charge in [-0.15, -0.1) is 23.1 Å². The van der Waals surface area contributed by atoms with Crippen LogP contribution in [0, 0.1) is 0 Å². The van der Waals surface area contributed by atoms with E-state index in [2.05, 4.69) is 5.32 Å². The second kappa shape index (κ2) is 7.63. The number of carbonyl (C=O) groups excluding carboxylic acids is 1. The molecule has 2 aromatic rings. The molecular formula is C17H19NO2S2. The molecule has 1 aromatic carbocycles. The van der Waals surface area contributed by atoms with E-state index in [-0.39, 0.29) is 12.5 Å². The van der Waals surface area contributed by atoms with Crippen LogP contribution >= 0.6 is 23.1 Å². The van der Waals surface area contributed by atoms with Crippen molar-refractivity contribution in [2.75, 3.05) is 12.8 Å².